The maximum absolute atomic E-state index is 13.4. The SMILES string of the molecule is CCOc1cc(CC(=O)Nc2sc3c(c2C#N)CN(CC2CC(F)(F)C2)C(C)(C)C3)ccc1[SH](=O)=O. The van der Waals surface area contributed by atoms with E-state index in [0.717, 1.165) is 10.4 Å². The summed E-state index contributed by atoms with van der Waals surface area (Å²) in [5.74, 6) is -2.75. The first-order valence-corrected chi connectivity index (χ1v) is 13.8. The van der Waals surface area contributed by atoms with Crippen LogP contribution in [0.2, 0.25) is 0 Å². The smallest absolute Gasteiger partial charge is 0.248 e. The van der Waals surface area contributed by atoms with Crippen molar-refractivity contribution in [1.29, 1.82) is 5.26 Å². The van der Waals surface area contributed by atoms with Crippen LogP contribution in [0.1, 0.15) is 55.2 Å². The van der Waals surface area contributed by atoms with Gasteiger partial charge in [0, 0.05) is 48.3 Å². The number of ether oxygens (including phenoxy) is 1. The molecule has 0 atom stereocenters. The largest absolute Gasteiger partial charge is 0.493 e. The summed E-state index contributed by atoms with van der Waals surface area (Å²) in [6, 6.07) is 6.75. The number of carbonyl (C=O) groups excluding carboxylic acids is 1. The van der Waals surface area contributed by atoms with E-state index in [1.807, 2.05) is 0 Å². The van der Waals surface area contributed by atoms with Crippen molar-refractivity contribution in [3.63, 3.8) is 0 Å². The van der Waals surface area contributed by atoms with Crippen LogP contribution in [0.15, 0.2) is 23.1 Å². The third kappa shape index (κ3) is 5.56. The topological polar surface area (TPSA) is 99.5 Å². The van der Waals surface area contributed by atoms with Crippen LogP contribution in [0, 0.1) is 17.2 Å². The Morgan fingerprint density at radius 2 is 2.06 bits per heavy atom. The number of halogens is 2. The predicted octanol–water partition coefficient (Wildman–Crippen LogP) is 4.35. The van der Waals surface area contributed by atoms with E-state index in [1.54, 1.807) is 19.1 Å². The minimum atomic E-state index is -2.83. The second-order valence-electron chi connectivity index (χ2n) is 10.0. The van der Waals surface area contributed by atoms with Gasteiger partial charge in [-0.05, 0) is 44.4 Å². The second-order valence-corrected chi connectivity index (χ2v) is 12.1. The Morgan fingerprint density at radius 1 is 1.33 bits per heavy atom. The lowest BCUT2D eigenvalue weighted by Gasteiger charge is -2.46. The molecule has 0 bridgehead atoms. The fourth-order valence-electron chi connectivity index (χ4n) is 4.92. The number of benzene rings is 1. The fourth-order valence-corrected chi connectivity index (χ4v) is 6.82. The zero-order valence-electron chi connectivity index (χ0n) is 20.4. The Balaban J connectivity index is 1.49. The summed E-state index contributed by atoms with van der Waals surface area (Å²) in [5, 5.41) is 13.2. The first kappa shape index (κ1) is 26.5. The van der Waals surface area contributed by atoms with Gasteiger partial charge < -0.3 is 10.1 Å². The summed E-state index contributed by atoms with van der Waals surface area (Å²) in [6.45, 7) is 7.21. The Labute approximate surface area is 215 Å². The third-order valence-corrected chi connectivity index (χ3v) is 8.70. The minimum Gasteiger partial charge on any atom is -0.493 e. The highest BCUT2D eigenvalue weighted by molar-refractivity contribution is 7.72. The Morgan fingerprint density at radius 3 is 2.67 bits per heavy atom. The molecule has 36 heavy (non-hydrogen) atoms. The van der Waals surface area contributed by atoms with E-state index in [2.05, 4.69) is 30.1 Å². The lowest BCUT2D eigenvalue weighted by Crippen LogP contribution is -2.52. The number of alkyl halides is 2. The molecule has 1 aromatic carbocycles. The quantitative estimate of drug-likeness (QED) is 0.486. The number of nitriles is 1. The highest BCUT2D eigenvalue weighted by atomic mass is 32.2. The molecule has 194 valence electrons. The first-order chi connectivity index (χ1) is 16.9. The normalized spacial score (nSPS) is 18.8. The molecular formula is C25H29F2N3O4S2. The van der Waals surface area contributed by atoms with Gasteiger partial charge in [-0.3, -0.25) is 9.69 Å². The van der Waals surface area contributed by atoms with Crippen molar-refractivity contribution in [3.8, 4) is 11.8 Å². The molecule has 7 nitrogen and oxygen atoms in total. The summed E-state index contributed by atoms with van der Waals surface area (Å²) < 4.78 is 55.0. The lowest BCUT2D eigenvalue weighted by molar-refractivity contribution is -0.122. The average Bonchev–Trinajstić information content (AvgIpc) is 3.07. The van der Waals surface area contributed by atoms with Crippen LogP contribution in [-0.2, 0) is 34.9 Å². The molecule has 11 heteroatoms. The number of hydrogen-bond donors (Lipinski definition) is 2. The zero-order valence-corrected chi connectivity index (χ0v) is 22.1. The molecule has 1 amide bonds. The number of rotatable bonds is 8. The van der Waals surface area contributed by atoms with Crippen molar-refractivity contribution in [2.24, 2.45) is 5.92 Å². The molecule has 2 heterocycles. The van der Waals surface area contributed by atoms with E-state index >= 15 is 0 Å². The number of thiol groups is 1. The number of amides is 1. The highest BCUT2D eigenvalue weighted by Gasteiger charge is 2.47. The number of nitrogens with zero attached hydrogens (tertiary/aromatic N) is 2. The molecule has 0 unspecified atom stereocenters. The van der Waals surface area contributed by atoms with Gasteiger partial charge in [0.2, 0.25) is 11.8 Å². The number of hydrogen-bond acceptors (Lipinski definition) is 7. The molecule has 1 fully saturated rings. The molecule has 0 spiro atoms. The summed E-state index contributed by atoms with van der Waals surface area (Å²) in [4.78, 5) is 16.1. The lowest BCUT2D eigenvalue weighted by atomic mass is 9.79. The van der Waals surface area contributed by atoms with Crippen molar-refractivity contribution in [2.45, 2.75) is 69.4 Å². The minimum absolute atomic E-state index is 0.0169. The van der Waals surface area contributed by atoms with Crippen LogP contribution in [0.25, 0.3) is 0 Å². The average molecular weight is 538 g/mol. The molecular weight excluding hydrogens is 508 g/mol. The van der Waals surface area contributed by atoms with Gasteiger partial charge in [0.25, 0.3) is 0 Å². The van der Waals surface area contributed by atoms with Crippen LogP contribution >= 0.6 is 11.3 Å². The summed E-state index contributed by atoms with van der Waals surface area (Å²) in [6.07, 6.45) is 0.448. The van der Waals surface area contributed by atoms with Crippen LogP contribution in [0.5, 0.6) is 5.75 Å². The third-order valence-electron chi connectivity index (χ3n) is 6.79. The van der Waals surface area contributed by atoms with Crippen LogP contribution in [0.3, 0.4) is 0 Å². The number of nitrogens with one attached hydrogen (secondary N) is 1. The van der Waals surface area contributed by atoms with E-state index in [4.69, 9.17) is 4.74 Å². The molecule has 1 N–H and O–H groups in total. The molecule has 1 saturated carbocycles. The van der Waals surface area contributed by atoms with Gasteiger partial charge in [0.05, 0.1) is 18.6 Å². The van der Waals surface area contributed by atoms with Gasteiger partial charge in [-0.25, -0.2) is 17.2 Å². The number of anilines is 1. The number of fused-ring (bicyclic) bond motifs is 1. The summed E-state index contributed by atoms with van der Waals surface area (Å²) in [7, 11) is -2.83. The molecule has 2 aliphatic rings. The fraction of sp³-hybridized carbons (Fsp3) is 0.520. The molecule has 2 aromatic rings. The maximum atomic E-state index is 13.4. The van der Waals surface area contributed by atoms with Gasteiger partial charge in [0.1, 0.15) is 21.7 Å². The first-order valence-electron chi connectivity index (χ1n) is 11.8. The summed E-state index contributed by atoms with van der Waals surface area (Å²) in [5.41, 5.74) is 1.60. The van der Waals surface area contributed by atoms with E-state index in [-0.39, 0.29) is 53.9 Å². The van der Waals surface area contributed by atoms with E-state index in [9.17, 15) is 27.3 Å². The van der Waals surface area contributed by atoms with Crippen molar-refractivity contribution < 1.29 is 26.7 Å². The van der Waals surface area contributed by atoms with Crippen molar-refractivity contribution in [3.05, 3.63) is 39.8 Å². The van der Waals surface area contributed by atoms with Crippen molar-refractivity contribution in [2.75, 3.05) is 18.5 Å². The van der Waals surface area contributed by atoms with Gasteiger partial charge >= 0.3 is 0 Å². The van der Waals surface area contributed by atoms with Crippen LogP contribution < -0.4 is 10.1 Å². The molecule has 0 radical (unpaired) electrons. The van der Waals surface area contributed by atoms with Crippen molar-refractivity contribution in [1.82, 2.24) is 4.90 Å². The molecule has 1 aliphatic carbocycles. The Bertz CT molecular complexity index is 1280. The predicted molar refractivity (Wildman–Crippen MR) is 133 cm³/mol. The molecule has 1 aromatic heterocycles. The van der Waals surface area contributed by atoms with Crippen LogP contribution in [-0.4, -0.2) is 43.8 Å². The van der Waals surface area contributed by atoms with Gasteiger partial charge in [-0.15, -0.1) is 11.3 Å². The Hall–Kier alpha value is -2.55. The standard InChI is InChI=1S/C25H29F2N3O4S2/c1-4-34-19-7-15(5-6-21(19)36(32)33)8-22(31)29-23-17(12-28)18-14-30(13-16-9-25(26,27)10-16)24(2,3)11-20(18)35-23/h5-7,16,36H,4,8-11,13-14H2,1-3H3,(H,29,31). The van der Waals surface area contributed by atoms with Gasteiger partial charge in [0.15, 0.2) is 10.7 Å². The van der Waals surface area contributed by atoms with Crippen LogP contribution in [0.4, 0.5) is 13.8 Å². The van der Waals surface area contributed by atoms with E-state index in [1.165, 1.54) is 17.4 Å². The number of carbonyl (C=O) groups is 1. The van der Waals surface area contributed by atoms with Gasteiger partial charge in [-0.2, -0.15) is 5.26 Å². The second kappa shape index (κ2) is 10.1. The zero-order chi connectivity index (χ0) is 26.3. The maximum Gasteiger partial charge on any atom is 0.248 e. The number of thiophene rings is 1. The Kier molecular flexibility index (Phi) is 7.42. The molecule has 4 rings (SSSR count). The monoisotopic (exact) mass is 537 g/mol. The van der Waals surface area contributed by atoms with Crippen molar-refractivity contribution >= 4 is 32.9 Å². The molecule has 0 saturated heterocycles. The van der Waals surface area contributed by atoms with Gasteiger partial charge in [-0.1, -0.05) is 6.07 Å². The summed E-state index contributed by atoms with van der Waals surface area (Å²) >= 11 is 1.38. The highest BCUT2D eigenvalue weighted by Crippen LogP contribution is 2.46. The van der Waals surface area contributed by atoms with E-state index < -0.39 is 16.6 Å². The molecule has 1 aliphatic heterocycles. The van der Waals surface area contributed by atoms with E-state index in [0.29, 0.717) is 35.6 Å².